The number of nitrogens with zero attached hydrogens (tertiary/aromatic N) is 8. The summed E-state index contributed by atoms with van der Waals surface area (Å²) in [6.45, 7) is 10.8. The summed E-state index contributed by atoms with van der Waals surface area (Å²) in [5.74, 6) is -2.57. The molecule has 0 spiro atoms. The fraction of sp³-hybridized carbons (Fsp3) is 0.276. The minimum atomic E-state index is -0.963. The minimum absolute atomic E-state index is 0.0139. The number of urea groups is 1. The summed E-state index contributed by atoms with van der Waals surface area (Å²) in [7, 11) is 0. The van der Waals surface area contributed by atoms with E-state index in [9.17, 15) is 34.5 Å². The molecule has 1 atom stereocenters. The first-order valence-corrected chi connectivity index (χ1v) is 26.9. The van der Waals surface area contributed by atoms with Gasteiger partial charge >= 0.3 is 18.0 Å². The minimum Gasteiger partial charge on any atom is -0.508 e. The van der Waals surface area contributed by atoms with Crippen molar-refractivity contribution >= 4 is 114 Å². The van der Waals surface area contributed by atoms with E-state index in [0.717, 1.165) is 10.8 Å². The molecule has 0 aliphatic carbocycles. The van der Waals surface area contributed by atoms with E-state index in [2.05, 4.69) is 37.1 Å². The molecule has 1 unspecified atom stereocenters. The smallest absolute Gasteiger partial charge is 0.314 e. The van der Waals surface area contributed by atoms with E-state index < -0.39 is 29.6 Å². The standard InChI is InChI=1S/C30H29ClFN5O4.C28H28ClFN6O4/c1-3-24(39)36-11-13-37(14-12-36)29-22-17-23(31)26(21-16-19(38)15-18-7-5-6-8-20(18)21)27(32)28(22)34-30(35-29)33-10-9-25(40)41-4-2;1-2-15(26(38)39)14-32-28-33-24-20(25(34-28)35-7-9-36(10-8-35)27(31)40)13-21(29)22(23(24)30)19-12-17(37)11-16-5-3-4-6-18(16)19/h3,5-8,15-17,38H,1,4,9-14H2,2H3,(H,33,34,35);3-6,11-13,15,37H,2,7-10,14H2,1H3,(H2,31,40)(H,38,39)(H,32,33,34). The number of aromatic hydroxyl groups is 2. The van der Waals surface area contributed by atoms with Crippen LogP contribution in [0.2, 0.25) is 10.0 Å². The quantitative estimate of drug-likeness (QED) is 0.0413. The van der Waals surface area contributed by atoms with Crippen LogP contribution in [0.5, 0.6) is 11.5 Å². The van der Waals surface area contributed by atoms with Crippen LogP contribution in [0.4, 0.5) is 37.1 Å². The molecule has 23 heteroatoms. The van der Waals surface area contributed by atoms with Crippen LogP contribution in [0.1, 0.15) is 26.7 Å². The number of nitrogens with two attached hydrogens (primary N) is 1. The first-order valence-electron chi connectivity index (χ1n) is 26.1. The van der Waals surface area contributed by atoms with Gasteiger partial charge in [-0.2, -0.15) is 9.97 Å². The molecule has 8 aromatic rings. The number of amides is 3. The Morgan fingerprint density at radius 1 is 0.691 bits per heavy atom. The molecule has 0 radical (unpaired) electrons. The van der Waals surface area contributed by atoms with Gasteiger partial charge in [0, 0.05) is 87.3 Å². The molecule has 2 saturated heterocycles. The van der Waals surface area contributed by atoms with Gasteiger partial charge < -0.3 is 56.0 Å². The first-order chi connectivity index (χ1) is 39.0. The highest BCUT2D eigenvalue weighted by molar-refractivity contribution is 6.35. The molecular weight excluding hydrogens is 1090 g/mol. The topological polar surface area (TPSA) is 253 Å². The van der Waals surface area contributed by atoms with Crippen LogP contribution in [-0.2, 0) is 19.1 Å². The van der Waals surface area contributed by atoms with Gasteiger partial charge in [-0.05, 0) is 88.5 Å². The Hall–Kier alpha value is -8.82. The number of hydrogen-bond acceptors (Lipinski definition) is 15. The summed E-state index contributed by atoms with van der Waals surface area (Å²) in [5.41, 5.74) is 6.47. The summed E-state index contributed by atoms with van der Waals surface area (Å²) in [5, 5.41) is 40.1. The molecular formula is C58H57Cl2F2N11O8. The molecule has 7 N–H and O–H groups in total. The molecule has 4 heterocycles. The number of ether oxygens (including phenoxy) is 1. The Morgan fingerprint density at radius 3 is 1.60 bits per heavy atom. The van der Waals surface area contributed by atoms with Crippen molar-refractivity contribution in [2.45, 2.75) is 26.7 Å². The predicted molar refractivity (Wildman–Crippen MR) is 310 cm³/mol. The summed E-state index contributed by atoms with van der Waals surface area (Å²) in [6.07, 6.45) is 1.75. The molecule has 0 saturated carbocycles. The molecule has 19 nitrogen and oxygen atoms in total. The number of primary amides is 1. The van der Waals surface area contributed by atoms with Gasteiger partial charge in [0.2, 0.25) is 17.8 Å². The number of fused-ring (bicyclic) bond motifs is 4. The van der Waals surface area contributed by atoms with Gasteiger partial charge in [0.05, 0.1) is 29.0 Å². The molecule has 2 aliphatic heterocycles. The van der Waals surface area contributed by atoms with Crippen LogP contribution in [0.15, 0.2) is 97.6 Å². The Bertz CT molecular complexity index is 3770. The Kier molecular flexibility index (Phi) is 17.3. The van der Waals surface area contributed by atoms with Crippen molar-refractivity contribution in [1.82, 2.24) is 29.7 Å². The second-order valence-electron chi connectivity index (χ2n) is 19.2. The van der Waals surface area contributed by atoms with Gasteiger partial charge in [0.25, 0.3) is 0 Å². The molecule has 6 aromatic carbocycles. The van der Waals surface area contributed by atoms with E-state index in [-0.39, 0.29) is 93.6 Å². The predicted octanol–water partition coefficient (Wildman–Crippen LogP) is 9.82. The lowest BCUT2D eigenvalue weighted by atomic mass is 9.96. The number of aromatic nitrogens is 4. The number of carbonyl (C=O) groups is 4. The lowest BCUT2D eigenvalue weighted by Gasteiger charge is -2.35. The molecule has 420 valence electrons. The van der Waals surface area contributed by atoms with E-state index in [4.69, 9.17) is 33.7 Å². The van der Waals surface area contributed by atoms with Crippen molar-refractivity contribution in [3.05, 3.63) is 119 Å². The summed E-state index contributed by atoms with van der Waals surface area (Å²) in [6, 6.07) is 23.4. The molecule has 3 amide bonds. The maximum atomic E-state index is 16.5. The van der Waals surface area contributed by atoms with E-state index in [1.165, 1.54) is 23.1 Å². The van der Waals surface area contributed by atoms with Gasteiger partial charge in [-0.25, -0.2) is 23.5 Å². The zero-order chi connectivity index (χ0) is 57.6. The average Bonchev–Trinajstić information content (AvgIpc) is 3.60. The SMILES string of the molecule is C=CC(=O)N1CCN(c2nc(NCCC(=O)OCC)nc3c(F)c(-c4cc(O)cc5ccccc45)c(Cl)cc23)CC1.CCC(CNc1nc(N2CCN(C(N)=O)CC2)c2cc(Cl)c(-c3cc(O)cc4ccccc34)c(F)c2n1)C(=O)O. The lowest BCUT2D eigenvalue weighted by molar-refractivity contribution is -0.143. The highest BCUT2D eigenvalue weighted by Gasteiger charge is 2.29. The number of nitrogens with one attached hydrogen (secondary N) is 2. The normalized spacial score (nSPS) is 14.0. The average molecular weight is 1150 g/mol. The third-order valence-corrected chi connectivity index (χ3v) is 14.8. The molecule has 0 bridgehead atoms. The lowest BCUT2D eigenvalue weighted by Crippen LogP contribution is -2.50. The van der Waals surface area contributed by atoms with Crippen molar-refractivity contribution in [1.29, 1.82) is 0 Å². The number of hydrogen-bond donors (Lipinski definition) is 6. The molecule has 81 heavy (non-hydrogen) atoms. The number of aliphatic carboxylic acids is 1. The van der Waals surface area contributed by atoms with Crippen LogP contribution in [0.25, 0.3) is 65.6 Å². The van der Waals surface area contributed by atoms with Crippen molar-refractivity contribution in [3.8, 4) is 33.8 Å². The van der Waals surface area contributed by atoms with E-state index in [0.29, 0.717) is 103 Å². The molecule has 10 rings (SSSR count). The zero-order valence-electron chi connectivity index (χ0n) is 44.2. The van der Waals surface area contributed by atoms with Gasteiger partial charge in [-0.15, -0.1) is 0 Å². The Morgan fingerprint density at radius 2 is 1.16 bits per heavy atom. The van der Waals surface area contributed by atoms with Crippen LogP contribution >= 0.6 is 23.2 Å². The third kappa shape index (κ3) is 12.2. The number of piperazine rings is 2. The first kappa shape index (κ1) is 56.9. The number of rotatable bonds is 15. The number of phenolic OH excluding ortho intramolecular Hbond substituents is 2. The highest BCUT2D eigenvalue weighted by atomic mass is 35.5. The number of benzene rings is 6. The summed E-state index contributed by atoms with van der Waals surface area (Å²) >= 11 is 13.5. The fourth-order valence-corrected chi connectivity index (χ4v) is 10.6. The number of halogens is 4. The number of anilines is 4. The molecule has 2 fully saturated rings. The number of carboxylic acids is 1. The largest absolute Gasteiger partial charge is 0.508 e. The van der Waals surface area contributed by atoms with Gasteiger partial charge in [-0.1, -0.05) is 85.2 Å². The zero-order valence-corrected chi connectivity index (χ0v) is 45.7. The fourth-order valence-electron chi connectivity index (χ4n) is 10.0. The van der Waals surface area contributed by atoms with Gasteiger partial charge in [0.1, 0.15) is 34.2 Å². The second-order valence-corrected chi connectivity index (χ2v) is 20.0. The van der Waals surface area contributed by atoms with Gasteiger partial charge in [-0.3, -0.25) is 14.4 Å². The van der Waals surface area contributed by atoms with Crippen molar-refractivity contribution in [2.75, 3.05) is 92.5 Å². The maximum Gasteiger partial charge on any atom is 0.314 e. The van der Waals surface area contributed by atoms with Gasteiger partial charge in [0.15, 0.2) is 11.6 Å². The Balaban J connectivity index is 0.000000196. The number of esters is 1. The Labute approximate surface area is 473 Å². The molecule has 2 aliphatic rings. The van der Waals surface area contributed by atoms with E-state index in [1.807, 2.05) is 58.3 Å². The van der Waals surface area contributed by atoms with Crippen molar-refractivity contribution in [2.24, 2.45) is 11.7 Å². The monoisotopic (exact) mass is 1140 g/mol. The maximum absolute atomic E-state index is 16.5. The van der Waals surface area contributed by atoms with E-state index >= 15 is 8.78 Å². The van der Waals surface area contributed by atoms with Crippen molar-refractivity contribution in [3.63, 3.8) is 0 Å². The number of carboxylic acid groups (broad SMARTS) is 1. The van der Waals surface area contributed by atoms with Crippen LogP contribution in [0.3, 0.4) is 0 Å². The summed E-state index contributed by atoms with van der Waals surface area (Å²) < 4.78 is 38.0. The summed E-state index contributed by atoms with van der Waals surface area (Å²) in [4.78, 5) is 72.4. The third-order valence-electron chi connectivity index (χ3n) is 14.2. The van der Waals surface area contributed by atoms with E-state index in [1.54, 1.807) is 43.0 Å². The van der Waals surface area contributed by atoms with Crippen molar-refractivity contribution < 1.29 is 48.0 Å². The highest BCUT2D eigenvalue weighted by Crippen LogP contribution is 2.44. The number of carbonyl (C=O) groups excluding carboxylic acids is 3. The molecule has 2 aromatic heterocycles. The van der Waals surface area contributed by atoms with Crippen LogP contribution in [0, 0.1) is 17.6 Å². The van der Waals surface area contributed by atoms with Crippen LogP contribution in [-0.4, -0.2) is 141 Å². The second kappa shape index (κ2) is 24.7. The number of phenols is 2. The van der Waals surface area contributed by atoms with Crippen LogP contribution < -0.4 is 26.2 Å².